The van der Waals surface area contributed by atoms with Gasteiger partial charge < -0.3 is 25.8 Å². The highest BCUT2D eigenvalue weighted by molar-refractivity contribution is 7.59. The Morgan fingerprint density at radius 2 is 1.34 bits per heavy atom. The van der Waals surface area contributed by atoms with Crippen molar-refractivity contribution in [3.05, 3.63) is 35.4 Å². The molecule has 1 aliphatic rings. The van der Waals surface area contributed by atoms with Gasteiger partial charge in [-0.2, -0.15) is 0 Å². The van der Waals surface area contributed by atoms with E-state index >= 15 is 0 Å². The predicted octanol–water partition coefficient (Wildman–Crippen LogP) is 4.56. The van der Waals surface area contributed by atoms with Crippen LogP contribution in [0.2, 0.25) is 0 Å². The van der Waals surface area contributed by atoms with Crippen LogP contribution in [0.25, 0.3) is 10.8 Å². The molecule has 4 N–H and O–H groups in total. The van der Waals surface area contributed by atoms with E-state index in [0.29, 0.717) is 35.0 Å². The second kappa shape index (κ2) is 15.7. The lowest BCUT2D eigenvalue weighted by Gasteiger charge is -2.32. The summed E-state index contributed by atoms with van der Waals surface area (Å²) in [5.74, 6) is -3.81. The Bertz CT molecular complexity index is 1550. The number of rotatable bonds is 15. The van der Waals surface area contributed by atoms with Crippen molar-refractivity contribution in [1.29, 1.82) is 0 Å². The first-order chi connectivity index (χ1) is 22.0. The van der Waals surface area contributed by atoms with Crippen LogP contribution in [-0.2, 0) is 28.3 Å². The molecular weight excluding hydrogens is 625 g/mol. The van der Waals surface area contributed by atoms with E-state index < -0.39 is 43.3 Å². The summed E-state index contributed by atoms with van der Waals surface area (Å²) in [7, 11) is -2.42. The molecule has 6 amide bonds. The standard InChI is InChI=1S/C33H46N5O8P/c1-9-46-47(45,16-23(10-18(2)3)30(41)37-28(11-19(4)5)31(42)34-8)17-38-32(43)26-14-24(35-20(6)39)12-22-13-25(36-21(7)40)15-27(29(22)26)33(38)44/h12-15,18-19,23,28H,9-11,16-17H2,1-8H3,(H,34,42)(H,35,39)(H,36,40)(H,37,41)/t23?,28-,47?/m0/s1. The third-order valence-corrected chi connectivity index (χ3v) is 10.0. The summed E-state index contributed by atoms with van der Waals surface area (Å²) in [6.45, 7) is 11.9. The van der Waals surface area contributed by atoms with Crippen molar-refractivity contribution in [2.75, 3.05) is 36.7 Å². The fourth-order valence-electron chi connectivity index (χ4n) is 5.85. The van der Waals surface area contributed by atoms with Crippen LogP contribution in [0.5, 0.6) is 0 Å². The number of carbonyl (C=O) groups excluding carboxylic acids is 6. The maximum atomic E-state index is 14.6. The van der Waals surface area contributed by atoms with Gasteiger partial charge >= 0.3 is 0 Å². The fraction of sp³-hybridized carbons (Fsp3) is 0.515. The number of hydrogen-bond donors (Lipinski definition) is 4. The van der Waals surface area contributed by atoms with E-state index in [9.17, 15) is 33.3 Å². The highest BCUT2D eigenvalue weighted by Crippen LogP contribution is 2.51. The Morgan fingerprint density at radius 3 is 1.77 bits per heavy atom. The number of carbonyl (C=O) groups is 6. The number of amides is 6. The van der Waals surface area contributed by atoms with Crippen LogP contribution >= 0.6 is 7.37 Å². The maximum Gasteiger partial charge on any atom is 0.261 e. The van der Waals surface area contributed by atoms with E-state index in [1.54, 1.807) is 19.1 Å². The van der Waals surface area contributed by atoms with Crippen LogP contribution in [0.1, 0.15) is 82.0 Å². The highest BCUT2D eigenvalue weighted by Gasteiger charge is 2.41. The number of nitrogens with zero attached hydrogens (tertiary/aromatic N) is 1. The van der Waals surface area contributed by atoms with Crippen LogP contribution in [0.4, 0.5) is 11.4 Å². The van der Waals surface area contributed by atoms with Crippen LogP contribution in [0.15, 0.2) is 24.3 Å². The van der Waals surface area contributed by atoms with Gasteiger partial charge in [0, 0.05) is 49.7 Å². The van der Waals surface area contributed by atoms with Crippen LogP contribution in [0.3, 0.4) is 0 Å². The van der Waals surface area contributed by atoms with Crippen molar-refractivity contribution >= 4 is 65.0 Å². The Morgan fingerprint density at radius 1 is 0.830 bits per heavy atom. The summed E-state index contributed by atoms with van der Waals surface area (Å²) < 4.78 is 20.3. The second-order valence-electron chi connectivity index (χ2n) is 12.7. The molecule has 47 heavy (non-hydrogen) atoms. The van der Waals surface area contributed by atoms with Crippen molar-refractivity contribution < 1.29 is 37.9 Å². The summed E-state index contributed by atoms with van der Waals surface area (Å²) in [4.78, 5) is 78.8. The van der Waals surface area contributed by atoms with Gasteiger partial charge in [-0.1, -0.05) is 27.7 Å². The molecule has 0 aliphatic carbocycles. The van der Waals surface area contributed by atoms with Gasteiger partial charge in [0.05, 0.1) is 17.7 Å². The highest BCUT2D eigenvalue weighted by atomic mass is 31.2. The van der Waals surface area contributed by atoms with Gasteiger partial charge in [-0.15, -0.1) is 0 Å². The zero-order valence-corrected chi connectivity index (χ0v) is 29.2. The molecule has 14 heteroatoms. The van der Waals surface area contributed by atoms with Gasteiger partial charge in [0.1, 0.15) is 12.3 Å². The Balaban J connectivity index is 2.05. The van der Waals surface area contributed by atoms with Gasteiger partial charge in [-0.05, 0) is 61.3 Å². The number of anilines is 2. The maximum absolute atomic E-state index is 14.6. The lowest BCUT2D eigenvalue weighted by atomic mass is 9.93. The summed E-state index contributed by atoms with van der Waals surface area (Å²) >= 11 is 0. The zero-order chi connectivity index (χ0) is 35.2. The third-order valence-electron chi connectivity index (χ3n) is 7.57. The summed E-state index contributed by atoms with van der Waals surface area (Å²) in [6.07, 6.45) is -0.175. The predicted molar refractivity (Wildman–Crippen MR) is 180 cm³/mol. The molecule has 1 aliphatic heterocycles. The average molecular weight is 672 g/mol. The van der Waals surface area contributed by atoms with Crippen molar-refractivity contribution in [3.8, 4) is 0 Å². The third kappa shape index (κ3) is 9.48. The first kappa shape index (κ1) is 37.4. The molecule has 0 fully saturated rings. The molecular formula is C33H46N5O8P. The number of hydrogen-bond acceptors (Lipinski definition) is 8. The molecule has 0 aromatic heterocycles. The Kier molecular flexibility index (Phi) is 12.5. The lowest BCUT2D eigenvalue weighted by molar-refractivity contribution is -0.131. The van der Waals surface area contributed by atoms with E-state index in [-0.39, 0.29) is 53.5 Å². The molecule has 2 aromatic rings. The van der Waals surface area contributed by atoms with Gasteiger partial charge in [0.25, 0.3) is 11.8 Å². The summed E-state index contributed by atoms with van der Waals surface area (Å²) in [6, 6.07) is 5.28. The van der Waals surface area contributed by atoms with Crippen LogP contribution < -0.4 is 21.3 Å². The van der Waals surface area contributed by atoms with Crippen LogP contribution in [-0.4, -0.2) is 72.5 Å². The molecule has 3 rings (SSSR count). The van der Waals surface area contributed by atoms with E-state index in [1.165, 1.54) is 33.0 Å². The minimum absolute atomic E-state index is 0.00602. The molecule has 1 heterocycles. The van der Waals surface area contributed by atoms with Crippen molar-refractivity contribution in [2.24, 2.45) is 17.8 Å². The second-order valence-corrected chi connectivity index (χ2v) is 15.3. The SMILES string of the molecule is CCOP(=O)(CC(CC(C)C)C(=O)N[C@@H](CC(C)C)C(=O)NC)CN1C(=O)c2cc(NC(C)=O)cc3cc(NC(C)=O)cc(c23)C1=O. The molecule has 2 unspecified atom stereocenters. The molecule has 0 saturated carbocycles. The van der Waals surface area contributed by atoms with E-state index in [4.69, 9.17) is 4.52 Å². The van der Waals surface area contributed by atoms with Crippen molar-refractivity contribution in [1.82, 2.24) is 15.5 Å². The number of likely N-dealkylation sites (N-methyl/N-ethyl adjacent to an activating group) is 1. The molecule has 256 valence electrons. The molecule has 13 nitrogen and oxygen atoms in total. The first-order valence-electron chi connectivity index (χ1n) is 15.8. The minimum atomic E-state index is -3.90. The molecule has 0 radical (unpaired) electrons. The quantitative estimate of drug-likeness (QED) is 0.157. The summed E-state index contributed by atoms with van der Waals surface area (Å²) in [5, 5.41) is 11.5. The minimum Gasteiger partial charge on any atom is -0.357 e. The van der Waals surface area contributed by atoms with Gasteiger partial charge in [-0.25, -0.2) is 0 Å². The van der Waals surface area contributed by atoms with Crippen LogP contribution in [0, 0.1) is 17.8 Å². The Hall–Kier alpha value is -4.09. The van der Waals surface area contributed by atoms with Crippen molar-refractivity contribution in [2.45, 2.75) is 67.3 Å². The lowest BCUT2D eigenvalue weighted by Crippen LogP contribution is -2.49. The zero-order valence-electron chi connectivity index (χ0n) is 28.3. The normalized spacial score (nSPS) is 15.3. The average Bonchev–Trinajstić information content (AvgIpc) is 2.95. The van der Waals surface area contributed by atoms with Crippen molar-refractivity contribution in [3.63, 3.8) is 0 Å². The van der Waals surface area contributed by atoms with Gasteiger partial charge in [0.15, 0.2) is 0 Å². The number of imide groups is 1. The van der Waals surface area contributed by atoms with Gasteiger partial charge in [0.2, 0.25) is 31.0 Å². The smallest absolute Gasteiger partial charge is 0.261 e. The molecule has 0 bridgehead atoms. The van der Waals surface area contributed by atoms with E-state index in [0.717, 1.165) is 4.90 Å². The summed E-state index contributed by atoms with van der Waals surface area (Å²) in [5.41, 5.74) is 0.776. The van der Waals surface area contributed by atoms with E-state index in [1.807, 2.05) is 27.7 Å². The van der Waals surface area contributed by atoms with Gasteiger partial charge in [-0.3, -0.25) is 38.2 Å². The molecule has 3 atom stereocenters. The molecule has 0 saturated heterocycles. The molecule has 2 aromatic carbocycles. The first-order valence-corrected chi connectivity index (χ1v) is 17.8. The van der Waals surface area contributed by atoms with E-state index in [2.05, 4.69) is 21.3 Å². The monoisotopic (exact) mass is 671 g/mol. The largest absolute Gasteiger partial charge is 0.357 e. The topological polar surface area (TPSA) is 180 Å². The fourth-order valence-corrected chi connectivity index (χ4v) is 8.30. The Labute approximate surface area is 275 Å². The number of nitrogens with one attached hydrogen (secondary N) is 4. The molecule has 0 spiro atoms. The number of benzene rings is 2.